The summed E-state index contributed by atoms with van der Waals surface area (Å²) in [5.41, 5.74) is -0.710. The van der Waals surface area contributed by atoms with Crippen molar-refractivity contribution < 1.29 is 27.6 Å². The molecule has 180 valence electrons. The van der Waals surface area contributed by atoms with E-state index in [9.17, 15) is 27.6 Å². The quantitative estimate of drug-likeness (QED) is 0.714. The van der Waals surface area contributed by atoms with Crippen LogP contribution in [0.4, 0.5) is 28.4 Å². The van der Waals surface area contributed by atoms with Gasteiger partial charge in [-0.1, -0.05) is 6.07 Å². The Hall–Kier alpha value is -2.98. The number of anilines is 1. The van der Waals surface area contributed by atoms with E-state index in [1.165, 1.54) is 12.1 Å². The fourth-order valence-corrected chi connectivity index (χ4v) is 4.84. The molecule has 0 spiro atoms. The van der Waals surface area contributed by atoms with Crippen LogP contribution in [0, 0.1) is 11.8 Å². The van der Waals surface area contributed by atoms with Crippen LogP contribution in [0.15, 0.2) is 24.3 Å². The van der Waals surface area contributed by atoms with Crippen molar-refractivity contribution >= 4 is 23.7 Å². The summed E-state index contributed by atoms with van der Waals surface area (Å²) in [5.74, 6) is 0.397. The van der Waals surface area contributed by atoms with Crippen LogP contribution in [-0.4, -0.2) is 78.5 Å². The lowest BCUT2D eigenvalue weighted by atomic mass is 9.82. The fourth-order valence-electron chi connectivity index (χ4n) is 4.84. The van der Waals surface area contributed by atoms with Gasteiger partial charge in [0.15, 0.2) is 0 Å². The molecule has 0 bridgehead atoms. The van der Waals surface area contributed by atoms with Crippen LogP contribution in [-0.2, 0) is 11.0 Å². The van der Waals surface area contributed by atoms with E-state index in [2.05, 4.69) is 10.6 Å². The topological polar surface area (TPSA) is 85.0 Å². The Morgan fingerprint density at radius 2 is 1.82 bits per heavy atom. The molecule has 3 aliphatic heterocycles. The number of hydrogen-bond donors (Lipinski definition) is 2. The first-order valence-electron chi connectivity index (χ1n) is 11.2. The summed E-state index contributed by atoms with van der Waals surface area (Å²) in [5, 5.41) is 5.32. The molecule has 0 aromatic heterocycles. The van der Waals surface area contributed by atoms with E-state index in [-0.39, 0.29) is 29.5 Å². The SMILES string of the molecule is O=C1C[C@H]2CCN(C(=O)Nc3cccc(C(F)(F)F)c3)C[C@@H]2CCN1CCN1CCNC1=O. The number of fused-ring (bicyclic) bond motifs is 1. The lowest BCUT2D eigenvalue weighted by molar-refractivity contribution is -0.137. The van der Waals surface area contributed by atoms with Crippen LogP contribution >= 0.6 is 0 Å². The normalized spacial score (nSPS) is 23.8. The molecule has 3 saturated heterocycles. The number of nitrogens with one attached hydrogen (secondary N) is 2. The van der Waals surface area contributed by atoms with Gasteiger partial charge < -0.3 is 25.3 Å². The van der Waals surface area contributed by atoms with E-state index in [4.69, 9.17) is 0 Å². The minimum absolute atomic E-state index is 0.0731. The van der Waals surface area contributed by atoms with E-state index in [0.29, 0.717) is 58.7 Å². The molecule has 0 saturated carbocycles. The number of likely N-dealkylation sites (tertiary alicyclic amines) is 2. The summed E-state index contributed by atoms with van der Waals surface area (Å²) in [7, 11) is 0. The highest BCUT2D eigenvalue weighted by Crippen LogP contribution is 2.33. The van der Waals surface area contributed by atoms with Crippen LogP contribution in [0.5, 0.6) is 0 Å². The monoisotopic (exact) mass is 467 g/mol. The number of hydrogen-bond acceptors (Lipinski definition) is 3. The maximum Gasteiger partial charge on any atom is 0.416 e. The molecule has 11 heteroatoms. The summed E-state index contributed by atoms with van der Waals surface area (Å²) >= 11 is 0. The molecule has 2 N–H and O–H groups in total. The molecule has 8 nitrogen and oxygen atoms in total. The molecule has 3 aliphatic rings. The summed E-state index contributed by atoms with van der Waals surface area (Å²) in [6.07, 6.45) is -2.64. The standard InChI is InChI=1S/C22H28F3N5O3/c23-22(24,25)17-2-1-3-18(13-17)27-21(33)30-8-4-15-12-19(31)28(7-5-16(15)14-30)10-11-29-9-6-26-20(29)32/h1-3,13,15-16H,4-12,14H2,(H,26,32)(H,27,33)/t15-,16+/m1/s1. The second-order valence-electron chi connectivity index (χ2n) is 8.86. The number of benzene rings is 1. The van der Waals surface area contributed by atoms with Gasteiger partial charge in [-0.2, -0.15) is 13.2 Å². The van der Waals surface area contributed by atoms with Gasteiger partial charge in [-0.05, 0) is 42.9 Å². The highest BCUT2D eigenvalue weighted by atomic mass is 19.4. The number of urea groups is 2. The van der Waals surface area contributed by atoms with E-state index in [1.54, 1.807) is 14.7 Å². The first kappa shape index (κ1) is 23.2. The fraction of sp³-hybridized carbons (Fsp3) is 0.591. The van der Waals surface area contributed by atoms with Gasteiger partial charge in [-0.3, -0.25) is 4.79 Å². The second kappa shape index (κ2) is 9.48. The van der Waals surface area contributed by atoms with Gasteiger partial charge in [0.25, 0.3) is 0 Å². The Kier molecular flexibility index (Phi) is 6.66. The molecule has 3 fully saturated rings. The number of rotatable bonds is 4. The molecule has 5 amide bonds. The number of alkyl halides is 3. The Balaban J connectivity index is 1.32. The van der Waals surface area contributed by atoms with Crippen LogP contribution in [0.1, 0.15) is 24.8 Å². The molecular weight excluding hydrogens is 439 g/mol. The van der Waals surface area contributed by atoms with E-state index in [1.807, 2.05) is 0 Å². The van der Waals surface area contributed by atoms with Gasteiger partial charge in [-0.25, -0.2) is 9.59 Å². The minimum atomic E-state index is -4.48. The van der Waals surface area contributed by atoms with Crippen molar-refractivity contribution in [3.8, 4) is 0 Å². The first-order chi connectivity index (χ1) is 15.7. The van der Waals surface area contributed by atoms with Crippen molar-refractivity contribution in [1.82, 2.24) is 20.0 Å². The molecule has 1 aromatic carbocycles. The maximum absolute atomic E-state index is 12.9. The minimum Gasteiger partial charge on any atom is -0.341 e. The second-order valence-corrected chi connectivity index (χ2v) is 8.86. The van der Waals surface area contributed by atoms with Gasteiger partial charge in [-0.15, -0.1) is 0 Å². The number of amides is 5. The summed E-state index contributed by atoms with van der Waals surface area (Å²) in [4.78, 5) is 42.3. The smallest absolute Gasteiger partial charge is 0.341 e. The van der Waals surface area contributed by atoms with Gasteiger partial charge >= 0.3 is 18.2 Å². The molecule has 0 unspecified atom stereocenters. The molecule has 3 heterocycles. The van der Waals surface area contributed by atoms with Gasteiger partial charge in [0.1, 0.15) is 0 Å². The number of carbonyl (C=O) groups is 3. The van der Waals surface area contributed by atoms with E-state index >= 15 is 0 Å². The van der Waals surface area contributed by atoms with Crippen LogP contribution < -0.4 is 10.6 Å². The van der Waals surface area contributed by atoms with Gasteiger partial charge in [0, 0.05) is 57.9 Å². The Morgan fingerprint density at radius 1 is 1.06 bits per heavy atom. The zero-order valence-corrected chi connectivity index (χ0v) is 18.2. The molecule has 0 radical (unpaired) electrons. The van der Waals surface area contributed by atoms with Gasteiger partial charge in [0.2, 0.25) is 5.91 Å². The maximum atomic E-state index is 12.9. The third-order valence-electron chi connectivity index (χ3n) is 6.76. The Labute approximate surface area is 190 Å². The zero-order valence-electron chi connectivity index (χ0n) is 18.2. The van der Waals surface area contributed by atoms with Crippen LogP contribution in [0.3, 0.4) is 0 Å². The third kappa shape index (κ3) is 5.51. The average Bonchev–Trinajstić information content (AvgIpc) is 3.11. The average molecular weight is 467 g/mol. The summed E-state index contributed by atoms with van der Waals surface area (Å²) in [6.45, 7) is 3.73. The largest absolute Gasteiger partial charge is 0.416 e. The molecule has 1 aromatic rings. The van der Waals surface area contributed by atoms with Crippen molar-refractivity contribution in [3.05, 3.63) is 29.8 Å². The highest BCUT2D eigenvalue weighted by molar-refractivity contribution is 5.89. The van der Waals surface area contributed by atoms with Gasteiger partial charge in [0.05, 0.1) is 5.56 Å². The predicted molar refractivity (Wildman–Crippen MR) is 114 cm³/mol. The highest BCUT2D eigenvalue weighted by Gasteiger charge is 2.37. The number of nitrogens with zero attached hydrogens (tertiary/aromatic N) is 3. The van der Waals surface area contributed by atoms with E-state index < -0.39 is 17.8 Å². The molecule has 33 heavy (non-hydrogen) atoms. The van der Waals surface area contributed by atoms with Crippen LogP contribution in [0.25, 0.3) is 0 Å². The predicted octanol–water partition coefficient (Wildman–Crippen LogP) is 2.82. The number of halogens is 3. The molecule has 2 atom stereocenters. The molecule has 4 rings (SSSR count). The third-order valence-corrected chi connectivity index (χ3v) is 6.76. The lowest BCUT2D eigenvalue weighted by Gasteiger charge is -2.37. The van der Waals surface area contributed by atoms with Crippen molar-refractivity contribution in [2.45, 2.75) is 25.4 Å². The van der Waals surface area contributed by atoms with Crippen molar-refractivity contribution in [2.75, 3.05) is 51.1 Å². The zero-order chi connectivity index (χ0) is 23.6. The van der Waals surface area contributed by atoms with Crippen molar-refractivity contribution in [1.29, 1.82) is 0 Å². The van der Waals surface area contributed by atoms with E-state index in [0.717, 1.165) is 18.6 Å². The Morgan fingerprint density at radius 3 is 2.55 bits per heavy atom. The lowest BCUT2D eigenvalue weighted by Crippen LogP contribution is -2.45. The first-order valence-corrected chi connectivity index (χ1v) is 11.2. The Bertz CT molecular complexity index is 910. The summed E-state index contributed by atoms with van der Waals surface area (Å²) < 4.78 is 38.8. The van der Waals surface area contributed by atoms with Crippen molar-refractivity contribution in [2.24, 2.45) is 11.8 Å². The van der Waals surface area contributed by atoms with Crippen molar-refractivity contribution in [3.63, 3.8) is 0 Å². The molecular formula is C22H28F3N5O3. The number of piperidine rings is 1. The summed E-state index contributed by atoms with van der Waals surface area (Å²) in [6, 6.07) is 4.05. The number of carbonyl (C=O) groups excluding carboxylic acids is 3. The van der Waals surface area contributed by atoms with Crippen LogP contribution in [0.2, 0.25) is 0 Å². The molecule has 0 aliphatic carbocycles.